The Morgan fingerprint density at radius 1 is 1.21 bits per heavy atom. The number of amides is 1. The highest BCUT2D eigenvalue weighted by atomic mass is 19.3. The lowest BCUT2D eigenvalue weighted by molar-refractivity contribution is -0.744. The average Bonchev–Trinajstić information content (AvgIpc) is 2.91. The van der Waals surface area contributed by atoms with Crippen molar-refractivity contribution in [2.75, 3.05) is 13.7 Å². The monoisotopic (exact) mass is 388 g/mol. The Hall–Kier alpha value is -3.15. The van der Waals surface area contributed by atoms with Crippen molar-refractivity contribution in [3.05, 3.63) is 65.2 Å². The fourth-order valence-electron chi connectivity index (χ4n) is 3.06. The highest BCUT2D eigenvalue weighted by molar-refractivity contribution is 5.95. The number of alkyl halides is 3. The molecule has 2 atom stereocenters. The van der Waals surface area contributed by atoms with Gasteiger partial charge in [0.05, 0.1) is 7.05 Å². The molecule has 2 N–H and O–H groups in total. The fraction of sp³-hybridized carbons (Fsp3) is 0.200. The zero-order valence-electron chi connectivity index (χ0n) is 14.9. The molecule has 3 rings (SSSR count). The van der Waals surface area contributed by atoms with E-state index in [2.05, 4.69) is 21.6 Å². The summed E-state index contributed by atoms with van der Waals surface area (Å²) in [5.74, 6) is 10.5. The van der Waals surface area contributed by atoms with E-state index in [1.54, 1.807) is 24.3 Å². The molecule has 2 unspecified atom stereocenters. The molecular formula is C20H17F3N3O2+. The van der Waals surface area contributed by atoms with Gasteiger partial charge in [0.1, 0.15) is 5.75 Å². The third-order valence-corrected chi connectivity index (χ3v) is 4.32. The van der Waals surface area contributed by atoms with Gasteiger partial charge in [0.15, 0.2) is 6.67 Å². The highest BCUT2D eigenvalue weighted by Crippen LogP contribution is 2.40. The predicted molar refractivity (Wildman–Crippen MR) is 97.0 cm³/mol. The Labute approximate surface area is 159 Å². The Bertz CT molecular complexity index is 978. The van der Waals surface area contributed by atoms with Crippen LogP contribution in [0.5, 0.6) is 5.75 Å². The first-order chi connectivity index (χ1) is 13.3. The second-order valence-corrected chi connectivity index (χ2v) is 6.33. The van der Waals surface area contributed by atoms with Crippen LogP contribution >= 0.6 is 0 Å². The van der Waals surface area contributed by atoms with Crippen LogP contribution in [-0.4, -0.2) is 37.2 Å². The second kappa shape index (κ2) is 7.46. The molecule has 1 aliphatic rings. The summed E-state index contributed by atoms with van der Waals surface area (Å²) in [7, 11) is 1.48. The Kier molecular flexibility index (Phi) is 5.23. The predicted octanol–water partition coefficient (Wildman–Crippen LogP) is 2.74. The summed E-state index contributed by atoms with van der Waals surface area (Å²) in [6, 6.07) is 12.3. The van der Waals surface area contributed by atoms with Crippen molar-refractivity contribution in [3.63, 3.8) is 0 Å². The van der Waals surface area contributed by atoms with Gasteiger partial charge in [0.2, 0.25) is 11.9 Å². The first kappa shape index (κ1) is 19.6. The molecule has 0 spiro atoms. The molecule has 28 heavy (non-hydrogen) atoms. The molecule has 5 nitrogen and oxygen atoms in total. The number of ether oxygens (including phenoxy) is 1. The lowest BCUT2D eigenvalue weighted by Gasteiger charge is -2.26. The number of carbonyl (C=O) groups excluding carboxylic acids is 1. The van der Waals surface area contributed by atoms with Gasteiger partial charge in [-0.25, -0.2) is 14.2 Å². The summed E-state index contributed by atoms with van der Waals surface area (Å²) < 4.78 is 41.0. The van der Waals surface area contributed by atoms with Crippen LogP contribution < -0.4 is 10.6 Å². The fourth-order valence-corrected chi connectivity index (χ4v) is 3.06. The smallest absolute Gasteiger partial charge is 0.387 e. The molecule has 2 aromatic carbocycles. The zero-order chi connectivity index (χ0) is 20.4. The maximum Gasteiger partial charge on any atom is 0.387 e. The summed E-state index contributed by atoms with van der Waals surface area (Å²) in [5.41, 5.74) is -0.0684. The molecule has 0 aromatic heterocycles. The molecule has 1 heterocycles. The first-order valence-electron chi connectivity index (χ1n) is 8.26. The summed E-state index contributed by atoms with van der Waals surface area (Å²) in [6.07, 6.45) is 1.31. The largest absolute Gasteiger partial charge is 0.435 e. The maximum absolute atomic E-state index is 13.2. The van der Waals surface area contributed by atoms with Gasteiger partial charge >= 0.3 is 12.5 Å². The van der Waals surface area contributed by atoms with E-state index >= 15 is 0 Å². The zero-order valence-corrected chi connectivity index (χ0v) is 14.9. The van der Waals surface area contributed by atoms with E-state index in [9.17, 15) is 18.0 Å². The quantitative estimate of drug-likeness (QED) is 0.379. The molecule has 0 radical (unpaired) electrons. The minimum absolute atomic E-state index is 0.0455. The van der Waals surface area contributed by atoms with Crippen molar-refractivity contribution < 1.29 is 27.3 Å². The lowest BCUT2D eigenvalue weighted by atomic mass is 9.82. The van der Waals surface area contributed by atoms with E-state index in [0.717, 1.165) is 0 Å². The molecule has 8 heteroatoms. The molecule has 0 saturated heterocycles. The molecular weight excluding hydrogens is 371 g/mol. The van der Waals surface area contributed by atoms with Crippen LogP contribution in [0.1, 0.15) is 16.7 Å². The van der Waals surface area contributed by atoms with E-state index in [1.165, 1.54) is 37.7 Å². The van der Waals surface area contributed by atoms with Crippen LogP contribution in [0.4, 0.5) is 13.2 Å². The van der Waals surface area contributed by atoms with E-state index < -0.39 is 29.3 Å². The van der Waals surface area contributed by atoms with Crippen LogP contribution in [0, 0.1) is 11.8 Å². The van der Waals surface area contributed by atoms with Crippen LogP contribution in [0.15, 0.2) is 53.5 Å². The van der Waals surface area contributed by atoms with Gasteiger partial charge in [-0.2, -0.15) is 14.6 Å². The van der Waals surface area contributed by atoms with Crippen LogP contribution in [0.25, 0.3) is 0 Å². The number of halogens is 3. The minimum Gasteiger partial charge on any atom is -0.435 e. The lowest BCUT2D eigenvalue weighted by Crippen LogP contribution is -2.56. The SMILES string of the molecule is C[N+]1(N)C=NC(c2ccc(OC(F)F)cc2)(c2cccc(C#CCF)c2)C1=O. The number of nitrogens with two attached hydrogens (primary N) is 1. The number of hydrogen-bond donors (Lipinski definition) is 1. The second-order valence-electron chi connectivity index (χ2n) is 6.33. The number of aliphatic imine (C=N–C) groups is 1. The Balaban J connectivity index is 2.13. The molecule has 0 aliphatic carbocycles. The number of nitrogens with zero attached hydrogens (tertiary/aromatic N) is 2. The van der Waals surface area contributed by atoms with E-state index in [4.69, 9.17) is 5.84 Å². The van der Waals surface area contributed by atoms with Crippen molar-refractivity contribution in [1.82, 2.24) is 0 Å². The van der Waals surface area contributed by atoms with Gasteiger partial charge in [-0.05, 0) is 35.4 Å². The number of quaternary nitrogens is 1. The maximum atomic E-state index is 13.2. The normalized spacial score (nSPS) is 23.6. The summed E-state index contributed by atoms with van der Waals surface area (Å²) in [6.45, 7) is -3.75. The molecule has 0 saturated carbocycles. The standard InChI is InChI=1S/C20H17F3N3O2/c1-26(24)13-25-20(18(26)27,15-7-9-17(10-8-15)28-19(22)23)16-6-2-4-14(12-16)5-3-11-21/h2,4,6-10,12-13,19H,11,24H2,1H3/q+1. The van der Waals surface area contributed by atoms with Crippen molar-refractivity contribution in [2.24, 2.45) is 10.8 Å². The van der Waals surface area contributed by atoms with Gasteiger partial charge in [0.25, 0.3) is 0 Å². The third kappa shape index (κ3) is 3.50. The first-order valence-corrected chi connectivity index (χ1v) is 8.26. The molecule has 2 aromatic rings. The van der Waals surface area contributed by atoms with E-state index in [1.807, 2.05) is 0 Å². The number of carbonyl (C=O) groups is 1. The van der Waals surface area contributed by atoms with Crippen LogP contribution in [0.3, 0.4) is 0 Å². The topological polar surface area (TPSA) is 64.7 Å². The van der Waals surface area contributed by atoms with Crippen molar-refractivity contribution in [3.8, 4) is 17.6 Å². The Morgan fingerprint density at radius 3 is 2.50 bits per heavy atom. The Morgan fingerprint density at radius 2 is 1.93 bits per heavy atom. The average molecular weight is 388 g/mol. The van der Waals surface area contributed by atoms with Gasteiger partial charge in [0, 0.05) is 5.56 Å². The molecule has 0 bridgehead atoms. The van der Waals surface area contributed by atoms with Crippen molar-refractivity contribution in [2.45, 2.75) is 12.2 Å². The molecule has 1 aliphatic heterocycles. The van der Waals surface area contributed by atoms with Gasteiger partial charge in [-0.1, -0.05) is 36.1 Å². The third-order valence-electron chi connectivity index (χ3n) is 4.32. The minimum atomic E-state index is -2.96. The van der Waals surface area contributed by atoms with Crippen molar-refractivity contribution in [1.29, 1.82) is 0 Å². The summed E-state index contributed by atoms with van der Waals surface area (Å²) in [5, 5.41) is 0. The number of rotatable bonds is 4. The van der Waals surface area contributed by atoms with Gasteiger partial charge in [-0.3, -0.25) is 0 Å². The van der Waals surface area contributed by atoms with Crippen molar-refractivity contribution >= 4 is 12.2 Å². The summed E-state index contributed by atoms with van der Waals surface area (Å²) in [4.78, 5) is 17.6. The van der Waals surface area contributed by atoms with Crippen LogP contribution in [0.2, 0.25) is 0 Å². The molecule has 0 fully saturated rings. The highest BCUT2D eigenvalue weighted by Gasteiger charge is 2.56. The molecule has 144 valence electrons. The van der Waals surface area contributed by atoms with Crippen LogP contribution in [-0.2, 0) is 10.3 Å². The van der Waals surface area contributed by atoms with E-state index in [-0.39, 0.29) is 5.75 Å². The number of hydrogen-bond acceptors (Lipinski definition) is 4. The number of likely N-dealkylation sites (N-methyl/N-ethyl adjacent to an activating group) is 1. The van der Waals surface area contributed by atoms with Gasteiger partial charge in [-0.15, -0.1) is 4.59 Å². The summed E-state index contributed by atoms with van der Waals surface area (Å²) >= 11 is 0. The molecule has 1 amide bonds. The number of benzene rings is 2. The van der Waals surface area contributed by atoms with E-state index in [0.29, 0.717) is 16.7 Å². The van der Waals surface area contributed by atoms with Gasteiger partial charge < -0.3 is 4.74 Å².